The van der Waals surface area contributed by atoms with Crippen LogP contribution in [0.5, 0.6) is 0 Å². The number of amides is 1. The molecule has 2 aromatic carbocycles. The number of benzene rings is 2. The summed E-state index contributed by atoms with van der Waals surface area (Å²) < 4.78 is 27.7. The topological polar surface area (TPSA) is 66.5 Å². The number of rotatable bonds is 5. The highest BCUT2D eigenvalue weighted by Gasteiger charge is 2.33. The van der Waals surface area contributed by atoms with Crippen LogP contribution in [0.25, 0.3) is 0 Å². The molecule has 1 atom stereocenters. The Labute approximate surface area is 161 Å². The van der Waals surface area contributed by atoms with E-state index in [1.165, 1.54) is 4.31 Å². The molecule has 0 spiro atoms. The number of carbonyl (C=O) groups is 1. The predicted octanol–water partition coefficient (Wildman–Crippen LogP) is 3.02. The highest BCUT2D eigenvalue weighted by Crippen LogP contribution is 2.26. The maximum absolute atomic E-state index is 13.1. The molecule has 3 rings (SSSR count). The number of nitrogens with one attached hydrogen (secondary N) is 1. The zero-order chi connectivity index (χ0) is 19.4. The van der Waals surface area contributed by atoms with E-state index in [0.717, 1.165) is 16.7 Å². The minimum absolute atomic E-state index is 0.0836. The van der Waals surface area contributed by atoms with Gasteiger partial charge in [-0.2, -0.15) is 4.31 Å². The van der Waals surface area contributed by atoms with E-state index in [-0.39, 0.29) is 18.4 Å². The van der Waals surface area contributed by atoms with Crippen LogP contribution in [-0.4, -0.2) is 31.7 Å². The first-order valence-electron chi connectivity index (χ1n) is 9.27. The van der Waals surface area contributed by atoms with Crippen LogP contribution < -0.4 is 5.32 Å². The third-order valence-electron chi connectivity index (χ3n) is 5.03. The number of sulfonamides is 1. The maximum Gasteiger partial charge on any atom is 0.243 e. The van der Waals surface area contributed by atoms with Crippen molar-refractivity contribution < 1.29 is 13.2 Å². The molecule has 0 unspecified atom stereocenters. The van der Waals surface area contributed by atoms with Gasteiger partial charge in [-0.05, 0) is 49.4 Å². The molecule has 1 N–H and O–H groups in total. The molecule has 1 aliphatic heterocycles. The van der Waals surface area contributed by atoms with Crippen LogP contribution in [0.4, 0.5) is 0 Å². The molecular formula is C21H26N2O3S. The van der Waals surface area contributed by atoms with Gasteiger partial charge in [0.2, 0.25) is 15.9 Å². The summed E-state index contributed by atoms with van der Waals surface area (Å²) in [4.78, 5) is 12.9. The summed E-state index contributed by atoms with van der Waals surface area (Å²) in [7, 11) is -3.60. The molecule has 2 aromatic rings. The molecule has 0 bridgehead atoms. The number of hydrogen-bond donors (Lipinski definition) is 1. The summed E-state index contributed by atoms with van der Waals surface area (Å²) in [6.07, 6.45) is 1.40. The van der Waals surface area contributed by atoms with E-state index in [4.69, 9.17) is 0 Å². The van der Waals surface area contributed by atoms with Crippen molar-refractivity contribution in [1.29, 1.82) is 0 Å². The fourth-order valence-electron chi connectivity index (χ4n) is 3.43. The van der Waals surface area contributed by atoms with E-state index < -0.39 is 10.0 Å². The second-order valence-corrected chi connectivity index (χ2v) is 9.08. The van der Waals surface area contributed by atoms with Crippen molar-refractivity contribution in [2.75, 3.05) is 13.1 Å². The average molecular weight is 387 g/mol. The molecule has 0 aliphatic carbocycles. The minimum atomic E-state index is -3.60. The lowest BCUT2D eigenvalue weighted by molar-refractivity contribution is -0.126. The Hall–Kier alpha value is -2.18. The van der Waals surface area contributed by atoms with Gasteiger partial charge < -0.3 is 5.32 Å². The van der Waals surface area contributed by atoms with Gasteiger partial charge in [-0.3, -0.25) is 4.79 Å². The largest absolute Gasteiger partial charge is 0.352 e. The maximum atomic E-state index is 13.1. The van der Waals surface area contributed by atoms with Crippen LogP contribution in [-0.2, 0) is 21.4 Å². The highest BCUT2D eigenvalue weighted by molar-refractivity contribution is 7.89. The van der Waals surface area contributed by atoms with Crippen molar-refractivity contribution in [1.82, 2.24) is 9.62 Å². The van der Waals surface area contributed by atoms with Crippen molar-refractivity contribution in [2.24, 2.45) is 5.92 Å². The van der Waals surface area contributed by atoms with Gasteiger partial charge in [0.05, 0.1) is 10.8 Å². The lowest BCUT2D eigenvalue weighted by Crippen LogP contribution is -2.45. The summed E-state index contributed by atoms with van der Waals surface area (Å²) in [6.45, 7) is 4.84. The zero-order valence-corrected chi connectivity index (χ0v) is 16.6. The Balaban J connectivity index is 1.69. The van der Waals surface area contributed by atoms with Crippen LogP contribution in [0, 0.1) is 19.8 Å². The molecule has 6 heteroatoms. The number of carbonyl (C=O) groups excluding carboxylic acids is 1. The third kappa shape index (κ3) is 4.57. The van der Waals surface area contributed by atoms with Gasteiger partial charge in [0.1, 0.15) is 0 Å². The van der Waals surface area contributed by atoms with Crippen molar-refractivity contribution in [2.45, 2.75) is 38.1 Å². The summed E-state index contributed by atoms with van der Waals surface area (Å²) in [5, 5.41) is 2.94. The Morgan fingerprint density at radius 1 is 1.15 bits per heavy atom. The van der Waals surface area contributed by atoms with Gasteiger partial charge in [-0.1, -0.05) is 42.5 Å². The van der Waals surface area contributed by atoms with E-state index in [1.54, 1.807) is 13.0 Å². The second kappa shape index (κ2) is 8.23. The minimum Gasteiger partial charge on any atom is -0.352 e. The van der Waals surface area contributed by atoms with Crippen molar-refractivity contribution in [3.63, 3.8) is 0 Å². The van der Waals surface area contributed by atoms with Gasteiger partial charge in [-0.25, -0.2) is 8.42 Å². The molecule has 0 aromatic heterocycles. The Morgan fingerprint density at radius 3 is 2.63 bits per heavy atom. The van der Waals surface area contributed by atoms with E-state index in [0.29, 0.717) is 30.8 Å². The van der Waals surface area contributed by atoms with Crippen LogP contribution in [0.15, 0.2) is 53.4 Å². The van der Waals surface area contributed by atoms with Crippen LogP contribution >= 0.6 is 0 Å². The molecule has 5 nitrogen and oxygen atoms in total. The van der Waals surface area contributed by atoms with Gasteiger partial charge in [0.25, 0.3) is 0 Å². The zero-order valence-electron chi connectivity index (χ0n) is 15.8. The Kier molecular flexibility index (Phi) is 5.97. The first kappa shape index (κ1) is 19.6. The number of nitrogens with zero attached hydrogens (tertiary/aromatic N) is 1. The molecule has 27 heavy (non-hydrogen) atoms. The van der Waals surface area contributed by atoms with Gasteiger partial charge in [-0.15, -0.1) is 0 Å². The highest BCUT2D eigenvalue weighted by atomic mass is 32.2. The van der Waals surface area contributed by atoms with E-state index in [1.807, 2.05) is 49.4 Å². The van der Waals surface area contributed by atoms with Gasteiger partial charge >= 0.3 is 0 Å². The van der Waals surface area contributed by atoms with Crippen LogP contribution in [0.1, 0.15) is 29.5 Å². The fraction of sp³-hybridized carbons (Fsp3) is 0.381. The molecule has 0 radical (unpaired) electrons. The molecule has 1 aliphatic rings. The van der Waals surface area contributed by atoms with Crippen LogP contribution in [0.3, 0.4) is 0 Å². The lowest BCUT2D eigenvalue weighted by atomic mass is 9.99. The first-order valence-corrected chi connectivity index (χ1v) is 10.7. The second-order valence-electron chi connectivity index (χ2n) is 7.17. The van der Waals surface area contributed by atoms with E-state index in [9.17, 15) is 13.2 Å². The van der Waals surface area contributed by atoms with Crippen LogP contribution in [0.2, 0.25) is 0 Å². The van der Waals surface area contributed by atoms with Crippen molar-refractivity contribution in [3.05, 3.63) is 65.2 Å². The molecule has 1 saturated heterocycles. The fourth-order valence-corrected chi connectivity index (χ4v) is 5.26. The quantitative estimate of drug-likeness (QED) is 0.859. The SMILES string of the molecule is Cc1ccc(C)c(S(=O)(=O)N2CCC[C@@H](C(=O)NCc3ccccc3)C2)c1. The monoisotopic (exact) mass is 386 g/mol. The standard InChI is InChI=1S/C21H26N2O3S/c1-16-10-11-17(2)20(13-16)27(25,26)23-12-6-9-19(15-23)21(24)22-14-18-7-4-3-5-8-18/h3-5,7-8,10-11,13,19H,6,9,12,14-15H2,1-2H3,(H,22,24)/t19-/m1/s1. The third-order valence-corrected chi connectivity index (χ3v) is 7.03. The van der Waals surface area contributed by atoms with E-state index in [2.05, 4.69) is 5.32 Å². The normalized spacial score (nSPS) is 18.2. The molecule has 0 saturated carbocycles. The Morgan fingerprint density at radius 2 is 1.89 bits per heavy atom. The number of hydrogen-bond acceptors (Lipinski definition) is 3. The average Bonchev–Trinajstić information content (AvgIpc) is 2.68. The van der Waals surface area contributed by atoms with Gasteiger partial charge in [0, 0.05) is 19.6 Å². The summed E-state index contributed by atoms with van der Waals surface area (Å²) >= 11 is 0. The lowest BCUT2D eigenvalue weighted by Gasteiger charge is -2.31. The molecule has 1 fully saturated rings. The number of aryl methyl sites for hydroxylation is 2. The number of piperidine rings is 1. The molecular weight excluding hydrogens is 360 g/mol. The summed E-state index contributed by atoms with van der Waals surface area (Å²) in [6, 6.07) is 15.2. The predicted molar refractivity (Wildman–Crippen MR) is 106 cm³/mol. The summed E-state index contributed by atoms with van der Waals surface area (Å²) in [5.41, 5.74) is 2.67. The van der Waals surface area contributed by atoms with Gasteiger partial charge in [0.15, 0.2) is 0 Å². The Bertz CT molecular complexity index is 910. The molecule has 1 amide bonds. The van der Waals surface area contributed by atoms with Crippen molar-refractivity contribution >= 4 is 15.9 Å². The van der Waals surface area contributed by atoms with Crippen molar-refractivity contribution in [3.8, 4) is 0 Å². The smallest absolute Gasteiger partial charge is 0.243 e. The first-order chi connectivity index (χ1) is 12.9. The molecule has 144 valence electrons. The molecule has 1 heterocycles. The van der Waals surface area contributed by atoms with E-state index >= 15 is 0 Å². The summed E-state index contributed by atoms with van der Waals surface area (Å²) in [5.74, 6) is -0.401.